The first-order valence-electron chi connectivity index (χ1n) is 9.06. The standard InChI is InChI=1S/C21H22FNO3/c1-14-12-16(21(24)15-6-8-17(22)9-7-15)10-11-23(14)20-13-25-18-4-2-3-5-19(18)26-20/h2-9,14,16,20H,10-13H2,1H3. The third-order valence-electron chi connectivity index (χ3n) is 5.29. The van der Waals surface area contributed by atoms with Gasteiger partial charge in [0.15, 0.2) is 23.5 Å². The molecule has 0 bridgehead atoms. The Labute approximate surface area is 152 Å². The van der Waals surface area contributed by atoms with E-state index in [9.17, 15) is 9.18 Å². The van der Waals surface area contributed by atoms with Gasteiger partial charge in [-0.2, -0.15) is 0 Å². The highest BCUT2D eigenvalue weighted by Gasteiger charge is 2.36. The molecule has 0 amide bonds. The number of benzene rings is 2. The molecular formula is C21H22FNO3. The Kier molecular flexibility index (Phi) is 4.64. The number of rotatable bonds is 3. The van der Waals surface area contributed by atoms with Crippen molar-refractivity contribution in [2.45, 2.75) is 32.0 Å². The molecule has 0 aliphatic carbocycles. The van der Waals surface area contributed by atoms with E-state index in [4.69, 9.17) is 9.47 Å². The highest BCUT2D eigenvalue weighted by Crippen LogP contribution is 2.34. The van der Waals surface area contributed by atoms with Crippen LogP contribution in [0.4, 0.5) is 4.39 Å². The van der Waals surface area contributed by atoms with Crippen LogP contribution in [0.1, 0.15) is 30.1 Å². The van der Waals surface area contributed by atoms with Crippen LogP contribution in [-0.2, 0) is 0 Å². The lowest BCUT2D eigenvalue weighted by Gasteiger charge is -2.42. The molecule has 4 nitrogen and oxygen atoms in total. The zero-order valence-electron chi connectivity index (χ0n) is 14.7. The second kappa shape index (κ2) is 7.08. The highest BCUT2D eigenvalue weighted by atomic mass is 19.1. The maximum absolute atomic E-state index is 13.1. The van der Waals surface area contributed by atoms with E-state index in [0.717, 1.165) is 30.9 Å². The fourth-order valence-corrected chi connectivity index (χ4v) is 3.88. The van der Waals surface area contributed by atoms with Crippen LogP contribution in [0.15, 0.2) is 48.5 Å². The molecule has 5 heteroatoms. The third kappa shape index (κ3) is 3.31. The van der Waals surface area contributed by atoms with E-state index in [1.54, 1.807) is 12.1 Å². The van der Waals surface area contributed by atoms with Gasteiger partial charge in [0.25, 0.3) is 0 Å². The van der Waals surface area contributed by atoms with Gasteiger partial charge in [-0.1, -0.05) is 12.1 Å². The van der Waals surface area contributed by atoms with Gasteiger partial charge in [-0.25, -0.2) is 4.39 Å². The van der Waals surface area contributed by atoms with E-state index in [1.165, 1.54) is 12.1 Å². The van der Waals surface area contributed by atoms with Gasteiger partial charge < -0.3 is 9.47 Å². The van der Waals surface area contributed by atoms with E-state index in [2.05, 4.69) is 11.8 Å². The molecule has 2 aliphatic heterocycles. The molecule has 2 aromatic carbocycles. The molecule has 0 aromatic heterocycles. The average Bonchev–Trinajstić information content (AvgIpc) is 2.67. The molecule has 3 atom stereocenters. The van der Waals surface area contributed by atoms with Crippen LogP contribution < -0.4 is 9.47 Å². The Morgan fingerprint density at radius 2 is 1.85 bits per heavy atom. The van der Waals surface area contributed by atoms with Gasteiger partial charge in [0.05, 0.1) is 0 Å². The number of carbonyl (C=O) groups excluding carboxylic acids is 1. The van der Waals surface area contributed by atoms with Gasteiger partial charge in [-0.15, -0.1) is 0 Å². The maximum atomic E-state index is 13.1. The molecule has 1 saturated heterocycles. The van der Waals surface area contributed by atoms with E-state index < -0.39 is 0 Å². The first-order valence-corrected chi connectivity index (χ1v) is 9.06. The summed E-state index contributed by atoms with van der Waals surface area (Å²) in [5.41, 5.74) is 0.586. The predicted octanol–water partition coefficient (Wildman–Crippen LogP) is 3.91. The van der Waals surface area contributed by atoms with E-state index in [-0.39, 0.29) is 29.8 Å². The molecule has 3 unspecified atom stereocenters. The number of likely N-dealkylation sites (tertiary alicyclic amines) is 1. The topological polar surface area (TPSA) is 38.8 Å². The van der Waals surface area contributed by atoms with Crippen LogP contribution in [0.5, 0.6) is 11.5 Å². The monoisotopic (exact) mass is 355 g/mol. The molecule has 2 aliphatic rings. The number of halogens is 1. The number of nitrogens with zero attached hydrogens (tertiary/aromatic N) is 1. The maximum Gasteiger partial charge on any atom is 0.187 e. The number of para-hydroxylation sites is 2. The lowest BCUT2D eigenvalue weighted by Crippen LogP contribution is -2.53. The Morgan fingerprint density at radius 3 is 2.58 bits per heavy atom. The van der Waals surface area contributed by atoms with Crippen molar-refractivity contribution in [2.75, 3.05) is 13.2 Å². The third-order valence-corrected chi connectivity index (χ3v) is 5.29. The molecule has 4 rings (SSSR count). The summed E-state index contributed by atoms with van der Waals surface area (Å²) in [6.45, 7) is 3.38. The lowest BCUT2D eigenvalue weighted by atomic mass is 9.85. The number of fused-ring (bicyclic) bond motifs is 1. The van der Waals surface area contributed by atoms with Crippen molar-refractivity contribution in [3.8, 4) is 11.5 Å². The summed E-state index contributed by atoms with van der Waals surface area (Å²) in [7, 11) is 0. The number of hydrogen-bond acceptors (Lipinski definition) is 4. The molecule has 136 valence electrons. The average molecular weight is 355 g/mol. The minimum Gasteiger partial charge on any atom is -0.484 e. The van der Waals surface area contributed by atoms with Crippen LogP contribution in [-0.4, -0.2) is 36.1 Å². The molecular weight excluding hydrogens is 333 g/mol. The van der Waals surface area contributed by atoms with Crippen molar-refractivity contribution >= 4 is 5.78 Å². The largest absolute Gasteiger partial charge is 0.484 e. The molecule has 26 heavy (non-hydrogen) atoms. The number of ketones is 1. The first-order chi connectivity index (χ1) is 12.6. The molecule has 2 heterocycles. The van der Waals surface area contributed by atoms with Crippen LogP contribution >= 0.6 is 0 Å². The van der Waals surface area contributed by atoms with Crippen LogP contribution in [0.25, 0.3) is 0 Å². The van der Waals surface area contributed by atoms with Gasteiger partial charge in [-0.3, -0.25) is 9.69 Å². The van der Waals surface area contributed by atoms with Crippen molar-refractivity contribution in [3.05, 3.63) is 59.9 Å². The summed E-state index contributed by atoms with van der Waals surface area (Å²) < 4.78 is 25.0. The van der Waals surface area contributed by atoms with E-state index in [0.29, 0.717) is 12.2 Å². The second-order valence-corrected chi connectivity index (χ2v) is 7.01. The number of carbonyl (C=O) groups is 1. The summed E-state index contributed by atoms with van der Waals surface area (Å²) >= 11 is 0. The van der Waals surface area contributed by atoms with Gasteiger partial charge in [0.2, 0.25) is 0 Å². The number of piperidine rings is 1. The molecule has 2 aromatic rings. The van der Waals surface area contributed by atoms with Crippen LogP contribution in [0, 0.1) is 11.7 Å². The number of Topliss-reactive ketones (excluding diaryl/α,β-unsaturated/α-hetero) is 1. The van der Waals surface area contributed by atoms with Crippen molar-refractivity contribution in [3.63, 3.8) is 0 Å². The first kappa shape index (κ1) is 17.0. The molecule has 0 spiro atoms. The zero-order valence-corrected chi connectivity index (χ0v) is 14.7. The number of ether oxygens (including phenoxy) is 2. The van der Waals surface area contributed by atoms with E-state index in [1.807, 2.05) is 24.3 Å². The minimum atomic E-state index is -0.320. The van der Waals surface area contributed by atoms with Gasteiger partial charge in [0, 0.05) is 24.1 Å². The minimum absolute atomic E-state index is 0.0384. The van der Waals surface area contributed by atoms with Crippen molar-refractivity contribution < 1.29 is 18.7 Å². The van der Waals surface area contributed by atoms with Gasteiger partial charge in [0.1, 0.15) is 12.4 Å². The fraction of sp³-hybridized carbons (Fsp3) is 0.381. The van der Waals surface area contributed by atoms with Crippen LogP contribution in [0.3, 0.4) is 0 Å². The summed E-state index contributed by atoms with van der Waals surface area (Å²) in [5.74, 6) is 1.28. The molecule has 0 radical (unpaired) electrons. The Bertz CT molecular complexity index is 792. The quantitative estimate of drug-likeness (QED) is 0.783. The van der Waals surface area contributed by atoms with Crippen LogP contribution in [0.2, 0.25) is 0 Å². The van der Waals surface area contributed by atoms with Crippen molar-refractivity contribution in [1.82, 2.24) is 4.90 Å². The van der Waals surface area contributed by atoms with E-state index >= 15 is 0 Å². The molecule has 1 fully saturated rings. The predicted molar refractivity (Wildman–Crippen MR) is 96.0 cm³/mol. The highest BCUT2D eigenvalue weighted by molar-refractivity contribution is 5.97. The Hall–Kier alpha value is -2.40. The van der Waals surface area contributed by atoms with Gasteiger partial charge >= 0.3 is 0 Å². The molecule has 0 N–H and O–H groups in total. The van der Waals surface area contributed by atoms with Crippen molar-refractivity contribution in [2.24, 2.45) is 5.92 Å². The summed E-state index contributed by atoms with van der Waals surface area (Å²) in [5, 5.41) is 0. The number of hydrogen-bond donors (Lipinski definition) is 0. The van der Waals surface area contributed by atoms with Crippen molar-refractivity contribution in [1.29, 1.82) is 0 Å². The normalized spacial score (nSPS) is 25.7. The Morgan fingerprint density at radius 1 is 1.12 bits per heavy atom. The summed E-state index contributed by atoms with van der Waals surface area (Å²) in [4.78, 5) is 15.0. The molecule has 0 saturated carbocycles. The second-order valence-electron chi connectivity index (χ2n) is 7.01. The summed E-state index contributed by atoms with van der Waals surface area (Å²) in [6.07, 6.45) is 1.39. The zero-order chi connectivity index (χ0) is 18.1. The van der Waals surface area contributed by atoms with Gasteiger partial charge in [-0.05, 0) is 56.2 Å². The Balaban J connectivity index is 1.41. The fourth-order valence-electron chi connectivity index (χ4n) is 3.88. The SMILES string of the molecule is CC1CC(C(=O)c2ccc(F)cc2)CCN1C1COc2ccccc2O1. The summed E-state index contributed by atoms with van der Waals surface area (Å²) in [6, 6.07) is 13.7. The lowest BCUT2D eigenvalue weighted by molar-refractivity contribution is -0.0645. The smallest absolute Gasteiger partial charge is 0.187 e.